The second kappa shape index (κ2) is 8.13. The fourth-order valence-electron chi connectivity index (χ4n) is 4.22. The maximum atomic E-state index is 11.6. The lowest BCUT2D eigenvalue weighted by Crippen LogP contribution is -2.43. The van der Waals surface area contributed by atoms with Crippen molar-refractivity contribution in [2.45, 2.75) is 32.7 Å². The summed E-state index contributed by atoms with van der Waals surface area (Å²) in [4.78, 5) is 18.9. The largest absolute Gasteiger partial charge is 0.342 e. The minimum Gasteiger partial charge on any atom is -0.342 e. The summed E-state index contributed by atoms with van der Waals surface area (Å²) in [5.41, 5.74) is 1.43. The highest BCUT2D eigenvalue weighted by molar-refractivity contribution is 5.73. The minimum absolute atomic E-state index is 0.223. The molecular weight excluding hydrogens is 298 g/mol. The maximum Gasteiger partial charge on any atom is 0.219 e. The van der Waals surface area contributed by atoms with Gasteiger partial charge in [0.15, 0.2) is 0 Å². The number of carbonyl (C=O) groups excluding carboxylic acids is 1. The predicted octanol–water partition coefficient (Wildman–Crippen LogP) is 2.10. The first kappa shape index (κ1) is 17.4. The van der Waals surface area contributed by atoms with Crippen LogP contribution in [0, 0.1) is 5.92 Å². The molecule has 0 N–H and O–H groups in total. The van der Waals surface area contributed by atoms with Crippen molar-refractivity contribution in [3.05, 3.63) is 35.9 Å². The average Bonchev–Trinajstić information content (AvgIpc) is 2.80. The Labute approximate surface area is 146 Å². The van der Waals surface area contributed by atoms with Crippen molar-refractivity contribution in [1.29, 1.82) is 0 Å². The molecular formula is C20H31N3O. The zero-order valence-electron chi connectivity index (χ0n) is 15.2. The Hall–Kier alpha value is -1.39. The molecule has 3 rings (SSSR count). The van der Waals surface area contributed by atoms with Crippen LogP contribution in [0.4, 0.5) is 0 Å². The molecule has 0 aromatic heterocycles. The highest BCUT2D eigenvalue weighted by Gasteiger charge is 2.34. The Balaban J connectivity index is 1.51. The summed E-state index contributed by atoms with van der Waals surface area (Å²) in [7, 11) is 0. The summed E-state index contributed by atoms with van der Waals surface area (Å²) < 4.78 is 0. The van der Waals surface area contributed by atoms with Crippen molar-refractivity contribution in [2.24, 2.45) is 5.92 Å². The molecule has 2 fully saturated rings. The van der Waals surface area contributed by atoms with Gasteiger partial charge in [0.2, 0.25) is 5.91 Å². The predicted molar refractivity (Wildman–Crippen MR) is 98.0 cm³/mol. The number of likely N-dealkylation sites (tertiary alicyclic amines) is 1. The van der Waals surface area contributed by atoms with E-state index in [1.165, 1.54) is 18.7 Å². The van der Waals surface area contributed by atoms with Crippen molar-refractivity contribution < 1.29 is 4.79 Å². The zero-order chi connectivity index (χ0) is 16.9. The van der Waals surface area contributed by atoms with E-state index in [0.29, 0.717) is 12.0 Å². The van der Waals surface area contributed by atoms with Crippen molar-refractivity contribution in [1.82, 2.24) is 14.7 Å². The molecule has 0 unspecified atom stereocenters. The highest BCUT2D eigenvalue weighted by atomic mass is 16.2. The molecule has 1 aromatic rings. The Morgan fingerprint density at radius 3 is 2.62 bits per heavy atom. The van der Waals surface area contributed by atoms with E-state index in [1.807, 2.05) is 4.90 Å². The van der Waals surface area contributed by atoms with Gasteiger partial charge in [0.25, 0.3) is 0 Å². The van der Waals surface area contributed by atoms with Gasteiger partial charge in [-0.15, -0.1) is 0 Å². The number of rotatable bonds is 4. The van der Waals surface area contributed by atoms with Crippen LogP contribution in [-0.4, -0.2) is 72.5 Å². The Morgan fingerprint density at radius 1 is 1.08 bits per heavy atom. The Bertz CT molecular complexity index is 533. The Morgan fingerprint density at radius 2 is 1.88 bits per heavy atom. The SMILES string of the molecule is CC(=O)N1CCCN([C@H]2CN(CCc3ccccc3)C[C@@H]2C)CC1. The van der Waals surface area contributed by atoms with E-state index in [9.17, 15) is 4.79 Å². The smallest absolute Gasteiger partial charge is 0.219 e. The molecule has 2 saturated heterocycles. The van der Waals surface area contributed by atoms with Crippen molar-refractivity contribution in [3.63, 3.8) is 0 Å². The molecule has 1 aromatic carbocycles. The van der Waals surface area contributed by atoms with Gasteiger partial charge in [0.1, 0.15) is 0 Å². The fourth-order valence-corrected chi connectivity index (χ4v) is 4.22. The molecule has 1 amide bonds. The summed E-state index contributed by atoms with van der Waals surface area (Å²) in [6, 6.07) is 11.4. The number of amides is 1. The summed E-state index contributed by atoms with van der Waals surface area (Å²) in [6.45, 7) is 11.6. The molecule has 2 aliphatic rings. The topological polar surface area (TPSA) is 26.8 Å². The standard InChI is InChI=1S/C20H31N3O/c1-17-15-21(12-9-19-7-4-3-5-8-19)16-20(17)23-11-6-10-22(13-14-23)18(2)24/h3-5,7-8,17,20H,6,9-16H2,1-2H3/t17-,20-/m0/s1. The molecule has 0 aliphatic carbocycles. The summed E-state index contributed by atoms with van der Waals surface area (Å²) in [6.07, 6.45) is 2.24. The van der Waals surface area contributed by atoms with Crippen LogP contribution in [0.25, 0.3) is 0 Å². The van der Waals surface area contributed by atoms with E-state index in [-0.39, 0.29) is 5.91 Å². The molecule has 0 radical (unpaired) electrons. The molecule has 4 heteroatoms. The van der Waals surface area contributed by atoms with Crippen LogP contribution in [0.15, 0.2) is 30.3 Å². The van der Waals surface area contributed by atoms with Gasteiger partial charge >= 0.3 is 0 Å². The molecule has 2 atom stereocenters. The number of benzene rings is 1. The lowest BCUT2D eigenvalue weighted by atomic mass is 10.0. The van der Waals surface area contributed by atoms with E-state index in [1.54, 1.807) is 6.92 Å². The number of hydrogen-bond acceptors (Lipinski definition) is 3. The van der Waals surface area contributed by atoms with Gasteiger partial charge < -0.3 is 9.80 Å². The lowest BCUT2D eigenvalue weighted by molar-refractivity contribution is -0.128. The van der Waals surface area contributed by atoms with E-state index in [2.05, 4.69) is 47.1 Å². The van der Waals surface area contributed by atoms with Gasteiger partial charge in [-0.05, 0) is 24.3 Å². The minimum atomic E-state index is 0.223. The van der Waals surface area contributed by atoms with Gasteiger partial charge in [-0.25, -0.2) is 0 Å². The van der Waals surface area contributed by atoms with Gasteiger partial charge in [-0.2, -0.15) is 0 Å². The highest BCUT2D eigenvalue weighted by Crippen LogP contribution is 2.23. The van der Waals surface area contributed by atoms with Crippen molar-refractivity contribution in [2.75, 3.05) is 45.8 Å². The maximum absolute atomic E-state index is 11.6. The van der Waals surface area contributed by atoms with Gasteiger partial charge in [-0.3, -0.25) is 9.69 Å². The van der Waals surface area contributed by atoms with Crippen LogP contribution in [0.1, 0.15) is 25.8 Å². The summed E-state index contributed by atoms with van der Waals surface area (Å²) >= 11 is 0. The van der Waals surface area contributed by atoms with Gasteiger partial charge in [0.05, 0.1) is 0 Å². The lowest BCUT2D eigenvalue weighted by Gasteiger charge is -2.30. The van der Waals surface area contributed by atoms with E-state index < -0.39 is 0 Å². The third kappa shape index (κ3) is 4.37. The first-order chi connectivity index (χ1) is 11.6. The van der Waals surface area contributed by atoms with Crippen LogP contribution >= 0.6 is 0 Å². The third-order valence-corrected chi connectivity index (χ3v) is 5.65. The quantitative estimate of drug-likeness (QED) is 0.846. The molecule has 2 aliphatic heterocycles. The van der Waals surface area contributed by atoms with Gasteiger partial charge in [0, 0.05) is 58.8 Å². The molecule has 132 valence electrons. The number of nitrogens with zero attached hydrogens (tertiary/aromatic N) is 3. The fraction of sp³-hybridized carbons (Fsp3) is 0.650. The van der Waals surface area contributed by atoms with Crippen LogP contribution in [0.5, 0.6) is 0 Å². The molecule has 4 nitrogen and oxygen atoms in total. The summed E-state index contributed by atoms with van der Waals surface area (Å²) in [5, 5.41) is 0. The Kier molecular flexibility index (Phi) is 5.90. The van der Waals surface area contributed by atoms with E-state index in [0.717, 1.165) is 45.6 Å². The zero-order valence-corrected chi connectivity index (χ0v) is 15.2. The molecule has 0 bridgehead atoms. The van der Waals surface area contributed by atoms with E-state index >= 15 is 0 Å². The van der Waals surface area contributed by atoms with Crippen molar-refractivity contribution in [3.8, 4) is 0 Å². The molecule has 24 heavy (non-hydrogen) atoms. The van der Waals surface area contributed by atoms with Crippen LogP contribution in [0.3, 0.4) is 0 Å². The molecule has 2 heterocycles. The summed E-state index contributed by atoms with van der Waals surface area (Å²) in [5.74, 6) is 0.936. The normalized spacial score (nSPS) is 26.5. The van der Waals surface area contributed by atoms with Crippen LogP contribution < -0.4 is 0 Å². The second-order valence-electron chi connectivity index (χ2n) is 7.44. The van der Waals surface area contributed by atoms with E-state index in [4.69, 9.17) is 0 Å². The first-order valence-corrected chi connectivity index (χ1v) is 9.39. The van der Waals surface area contributed by atoms with Crippen molar-refractivity contribution >= 4 is 5.91 Å². The number of hydrogen-bond donors (Lipinski definition) is 0. The monoisotopic (exact) mass is 329 g/mol. The first-order valence-electron chi connectivity index (χ1n) is 9.39. The average molecular weight is 329 g/mol. The number of carbonyl (C=O) groups is 1. The van der Waals surface area contributed by atoms with Crippen LogP contribution in [-0.2, 0) is 11.2 Å². The van der Waals surface area contributed by atoms with Crippen LogP contribution in [0.2, 0.25) is 0 Å². The second-order valence-corrected chi connectivity index (χ2v) is 7.44. The van der Waals surface area contributed by atoms with Gasteiger partial charge in [-0.1, -0.05) is 37.3 Å². The molecule has 0 saturated carbocycles. The third-order valence-electron chi connectivity index (χ3n) is 5.65. The molecule has 0 spiro atoms.